The van der Waals surface area contributed by atoms with Gasteiger partial charge in [0.1, 0.15) is 0 Å². The molecule has 4 rings (SSSR count). The van der Waals surface area contributed by atoms with E-state index in [2.05, 4.69) is 15.6 Å². The SMILES string of the molecule is CC(=O)Nc1ccc(S(=O)(=O)N2CCc3nc(NC(=O)c4ccco4)sc3C2)cc1. The van der Waals surface area contributed by atoms with E-state index in [0.29, 0.717) is 17.2 Å². The third-order valence-corrected chi connectivity index (χ3v) is 7.33. The second-order valence-corrected chi connectivity index (χ2v) is 9.64. The zero-order valence-corrected chi connectivity index (χ0v) is 17.5. The van der Waals surface area contributed by atoms with Gasteiger partial charge in [-0.25, -0.2) is 13.4 Å². The van der Waals surface area contributed by atoms with Gasteiger partial charge in [0.15, 0.2) is 10.9 Å². The van der Waals surface area contributed by atoms with Crippen molar-refractivity contribution in [3.8, 4) is 0 Å². The van der Waals surface area contributed by atoms with Crippen LogP contribution in [-0.4, -0.2) is 36.1 Å². The maximum absolute atomic E-state index is 13.0. The number of fused-ring (bicyclic) bond motifs is 1. The third kappa shape index (κ3) is 4.13. The maximum Gasteiger partial charge on any atom is 0.293 e. The van der Waals surface area contributed by atoms with E-state index in [9.17, 15) is 18.0 Å². The van der Waals surface area contributed by atoms with Gasteiger partial charge in [-0.3, -0.25) is 14.9 Å². The summed E-state index contributed by atoms with van der Waals surface area (Å²) in [6, 6.07) is 9.22. The highest BCUT2D eigenvalue weighted by Gasteiger charge is 2.30. The average molecular weight is 447 g/mol. The minimum absolute atomic E-state index is 0.149. The molecule has 0 atom stereocenters. The molecule has 30 heavy (non-hydrogen) atoms. The van der Waals surface area contributed by atoms with Crippen LogP contribution in [-0.2, 0) is 27.8 Å². The number of aromatic nitrogens is 1. The topological polar surface area (TPSA) is 122 Å². The number of carbonyl (C=O) groups excluding carboxylic acids is 2. The summed E-state index contributed by atoms with van der Waals surface area (Å²) < 4.78 is 32.5. The van der Waals surface area contributed by atoms with Gasteiger partial charge in [0, 0.05) is 30.5 Å². The van der Waals surface area contributed by atoms with Crippen molar-refractivity contribution >= 4 is 44.0 Å². The predicted molar refractivity (Wildman–Crippen MR) is 111 cm³/mol. The Bertz CT molecular complexity index is 1180. The fourth-order valence-electron chi connectivity index (χ4n) is 3.06. The number of sulfonamides is 1. The van der Waals surface area contributed by atoms with E-state index in [0.717, 1.165) is 10.6 Å². The van der Waals surface area contributed by atoms with E-state index in [1.54, 1.807) is 24.3 Å². The standard InChI is InChI=1S/C19H18N4O5S2/c1-12(24)20-13-4-6-14(7-5-13)30(26,27)23-9-8-15-17(11-23)29-19(21-15)22-18(25)16-3-2-10-28-16/h2-7,10H,8-9,11H2,1H3,(H,20,24)(H,21,22,25). The minimum Gasteiger partial charge on any atom is -0.459 e. The largest absolute Gasteiger partial charge is 0.459 e. The average Bonchev–Trinajstić information content (AvgIpc) is 3.37. The summed E-state index contributed by atoms with van der Waals surface area (Å²) in [7, 11) is -3.70. The van der Waals surface area contributed by atoms with Crippen LogP contribution < -0.4 is 10.6 Å². The quantitative estimate of drug-likeness (QED) is 0.621. The number of nitrogens with zero attached hydrogens (tertiary/aromatic N) is 2. The van der Waals surface area contributed by atoms with Crippen molar-refractivity contribution < 1.29 is 22.4 Å². The summed E-state index contributed by atoms with van der Waals surface area (Å²) >= 11 is 1.25. The molecule has 0 bridgehead atoms. The molecule has 0 radical (unpaired) electrons. The molecule has 2 aromatic heterocycles. The molecule has 0 spiro atoms. The first-order valence-electron chi connectivity index (χ1n) is 9.04. The summed E-state index contributed by atoms with van der Waals surface area (Å²) in [5.74, 6) is -0.459. The van der Waals surface area contributed by atoms with E-state index in [-0.39, 0.29) is 29.7 Å². The highest BCUT2D eigenvalue weighted by atomic mass is 32.2. The molecule has 3 heterocycles. The second kappa shape index (κ2) is 8.01. The highest BCUT2D eigenvalue weighted by Crippen LogP contribution is 2.31. The van der Waals surface area contributed by atoms with E-state index in [1.165, 1.54) is 41.0 Å². The Hall–Kier alpha value is -3.02. The van der Waals surface area contributed by atoms with Crippen molar-refractivity contribution in [2.75, 3.05) is 17.2 Å². The van der Waals surface area contributed by atoms with Crippen molar-refractivity contribution in [2.45, 2.75) is 24.8 Å². The van der Waals surface area contributed by atoms with Gasteiger partial charge in [-0.2, -0.15) is 4.31 Å². The molecule has 0 aliphatic carbocycles. The Morgan fingerprint density at radius 3 is 2.60 bits per heavy atom. The first-order valence-corrected chi connectivity index (χ1v) is 11.3. The molecule has 11 heteroatoms. The first-order chi connectivity index (χ1) is 14.3. The lowest BCUT2D eigenvalue weighted by Crippen LogP contribution is -2.35. The lowest BCUT2D eigenvalue weighted by atomic mass is 10.2. The second-order valence-electron chi connectivity index (χ2n) is 6.61. The minimum atomic E-state index is -3.70. The zero-order valence-electron chi connectivity index (χ0n) is 15.9. The Morgan fingerprint density at radius 1 is 1.17 bits per heavy atom. The van der Waals surface area contributed by atoms with Crippen LogP contribution in [0, 0.1) is 0 Å². The normalized spacial score (nSPS) is 14.2. The number of anilines is 2. The predicted octanol–water partition coefficient (Wildman–Crippen LogP) is 2.69. The molecule has 156 valence electrons. The molecular formula is C19H18N4O5S2. The highest BCUT2D eigenvalue weighted by molar-refractivity contribution is 7.89. The summed E-state index contributed by atoms with van der Waals surface area (Å²) in [6.45, 7) is 1.85. The first kappa shape index (κ1) is 20.3. The number of hydrogen-bond acceptors (Lipinski definition) is 7. The van der Waals surface area contributed by atoms with Crippen LogP contribution in [0.25, 0.3) is 0 Å². The fourth-order valence-corrected chi connectivity index (χ4v) is 5.57. The molecule has 0 fully saturated rings. The molecule has 1 aromatic carbocycles. The molecule has 3 aromatic rings. The van der Waals surface area contributed by atoms with E-state index < -0.39 is 15.9 Å². The number of hydrogen-bond donors (Lipinski definition) is 2. The van der Waals surface area contributed by atoms with Gasteiger partial charge >= 0.3 is 0 Å². The van der Waals surface area contributed by atoms with Gasteiger partial charge in [0.05, 0.1) is 23.4 Å². The molecule has 9 nitrogen and oxygen atoms in total. The van der Waals surface area contributed by atoms with Gasteiger partial charge in [-0.15, -0.1) is 11.3 Å². The van der Waals surface area contributed by atoms with Crippen LogP contribution in [0.1, 0.15) is 28.0 Å². The number of carbonyl (C=O) groups is 2. The molecule has 0 unspecified atom stereocenters. The molecule has 2 amide bonds. The molecule has 0 saturated carbocycles. The van der Waals surface area contributed by atoms with Crippen molar-refractivity contribution in [2.24, 2.45) is 0 Å². The van der Waals surface area contributed by atoms with Crippen LogP contribution in [0.2, 0.25) is 0 Å². The molecule has 2 N–H and O–H groups in total. The number of rotatable bonds is 5. The lowest BCUT2D eigenvalue weighted by molar-refractivity contribution is -0.114. The van der Waals surface area contributed by atoms with Crippen molar-refractivity contribution in [3.63, 3.8) is 0 Å². The summed E-state index contributed by atoms with van der Waals surface area (Å²) in [5, 5.41) is 5.69. The smallest absolute Gasteiger partial charge is 0.293 e. The monoisotopic (exact) mass is 446 g/mol. The van der Waals surface area contributed by atoms with Gasteiger partial charge in [-0.05, 0) is 36.4 Å². The number of furan rings is 1. The van der Waals surface area contributed by atoms with Crippen molar-refractivity contribution in [3.05, 3.63) is 59.0 Å². The van der Waals surface area contributed by atoms with Crippen LogP contribution in [0.4, 0.5) is 10.8 Å². The van der Waals surface area contributed by atoms with Crippen molar-refractivity contribution in [1.82, 2.24) is 9.29 Å². The van der Waals surface area contributed by atoms with E-state index in [1.807, 2.05) is 0 Å². The lowest BCUT2D eigenvalue weighted by Gasteiger charge is -2.25. The summed E-state index contributed by atoms with van der Waals surface area (Å²) in [5.41, 5.74) is 1.31. The number of nitrogens with one attached hydrogen (secondary N) is 2. The van der Waals surface area contributed by atoms with Gasteiger partial charge < -0.3 is 9.73 Å². The van der Waals surface area contributed by atoms with E-state index in [4.69, 9.17) is 4.42 Å². The number of thiazole rings is 1. The third-order valence-electron chi connectivity index (χ3n) is 4.47. The zero-order chi connectivity index (χ0) is 21.3. The molecule has 1 aliphatic rings. The Balaban J connectivity index is 1.48. The van der Waals surface area contributed by atoms with Gasteiger partial charge in [0.2, 0.25) is 15.9 Å². The Labute approximate surface area is 176 Å². The van der Waals surface area contributed by atoms with E-state index >= 15 is 0 Å². The number of amides is 2. The van der Waals surface area contributed by atoms with Crippen LogP contribution in [0.3, 0.4) is 0 Å². The summed E-state index contributed by atoms with van der Waals surface area (Å²) in [4.78, 5) is 28.6. The fraction of sp³-hybridized carbons (Fsp3) is 0.211. The van der Waals surface area contributed by atoms with Crippen LogP contribution in [0.5, 0.6) is 0 Å². The van der Waals surface area contributed by atoms with Crippen LogP contribution in [0.15, 0.2) is 52.0 Å². The molecule has 0 saturated heterocycles. The molecule has 1 aliphatic heterocycles. The molecular weight excluding hydrogens is 428 g/mol. The Kier molecular flexibility index (Phi) is 5.41. The Morgan fingerprint density at radius 2 is 1.93 bits per heavy atom. The summed E-state index contributed by atoms with van der Waals surface area (Å²) in [6.07, 6.45) is 1.86. The van der Waals surface area contributed by atoms with Gasteiger partial charge in [0.25, 0.3) is 5.91 Å². The number of benzene rings is 1. The van der Waals surface area contributed by atoms with Gasteiger partial charge in [-0.1, -0.05) is 0 Å². The van der Waals surface area contributed by atoms with Crippen LogP contribution >= 0.6 is 11.3 Å². The van der Waals surface area contributed by atoms with Crippen molar-refractivity contribution in [1.29, 1.82) is 0 Å². The maximum atomic E-state index is 13.0.